The molecule has 1 aliphatic heterocycles. The van der Waals surface area contributed by atoms with Crippen LogP contribution in [0.2, 0.25) is 0 Å². The number of nitrogens with one attached hydrogen (secondary N) is 1. The Kier molecular flexibility index (Phi) is 3.47. The van der Waals surface area contributed by atoms with Gasteiger partial charge in [0.05, 0.1) is 0 Å². The molecule has 3 atom stereocenters. The first kappa shape index (κ1) is 13.5. The number of hydrogen-bond acceptors (Lipinski definition) is 2. The SMILES string of the molecule is Cl.FC(F)(F)Oc1cccc([C@H]2[C@@H]3CNC[C@@H]32)c1. The van der Waals surface area contributed by atoms with Crippen LogP contribution in [0.15, 0.2) is 24.3 Å². The van der Waals surface area contributed by atoms with Gasteiger partial charge in [-0.1, -0.05) is 12.1 Å². The molecular weight excluding hydrogens is 267 g/mol. The van der Waals surface area contributed by atoms with Crippen molar-refractivity contribution in [3.05, 3.63) is 29.8 Å². The number of ether oxygens (including phenoxy) is 1. The van der Waals surface area contributed by atoms with Crippen molar-refractivity contribution in [2.24, 2.45) is 11.8 Å². The van der Waals surface area contributed by atoms with Crippen LogP contribution in [0, 0.1) is 11.8 Å². The molecule has 1 saturated carbocycles. The Morgan fingerprint density at radius 3 is 2.44 bits per heavy atom. The lowest BCUT2D eigenvalue weighted by Crippen LogP contribution is -2.17. The number of benzene rings is 1. The summed E-state index contributed by atoms with van der Waals surface area (Å²) in [4.78, 5) is 0. The summed E-state index contributed by atoms with van der Waals surface area (Å²) in [5, 5.41) is 3.26. The third-order valence-electron chi connectivity index (χ3n) is 3.57. The van der Waals surface area contributed by atoms with Crippen molar-refractivity contribution < 1.29 is 17.9 Å². The largest absolute Gasteiger partial charge is 0.573 e. The van der Waals surface area contributed by atoms with Crippen molar-refractivity contribution in [3.8, 4) is 5.75 Å². The van der Waals surface area contributed by atoms with Crippen LogP contribution in [0.25, 0.3) is 0 Å². The zero-order valence-electron chi connectivity index (χ0n) is 9.41. The van der Waals surface area contributed by atoms with Gasteiger partial charge in [-0.25, -0.2) is 0 Å². The van der Waals surface area contributed by atoms with E-state index >= 15 is 0 Å². The van der Waals surface area contributed by atoms with Crippen LogP contribution >= 0.6 is 12.4 Å². The molecule has 2 nitrogen and oxygen atoms in total. The summed E-state index contributed by atoms with van der Waals surface area (Å²) in [5.41, 5.74) is 0.961. The number of fused-ring (bicyclic) bond motifs is 1. The molecule has 0 unspecified atom stereocenters. The Morgan fingerprint density at radius 2 is 1.83 bits per heavy atom. The summed E-state index contributed by atoms with van der Waals surface area (Å²) < 4.78 is 40.2. The Morgan fingerprint density at radius 1 is 1.17 bits per heavy atom. The molecule has 0 spiro atoms. The monoisotopic (exact) mass is 279 g/mol. The highest BCUT2D eigenvalue weighted by Crippen LogP contribution is 2.56. The van der Waals surface area contributed by atoms with Gasteiger partial charge in [-0.05, 0) is 48.5 Å². The molecule has 0 aromatic heterocycles. The second-order valence-corrected chi connectivity index (χ2v) is 4.63. The van der Waals surface area contributed by atoms with Crippen LogP contribution < -0.4 is 10.1 Å². The Hall–Kier alpha value is -0.940. The van der Waals surface area contributed by atoms with Crippen LogP contribution in [0.5, 0.6) is 5.75 Å². The molecule has 2 aliphatic rings. The van der Waals surface area contributed by atoms with E-state index in [1.54, 1.807) is 6.07 Å². The quantitative estimate of drug-likeness (QED) is 0.899. The molecule has 1 aliphatic carbocycles. The molecule has 0 bridgehead atoms. The van der Waals surface area contributed by atoms with Crippen molar-refractivity contribution >= 4 is 12.4 Å². The van der Waals surface area contributed by atoms with E-state index in [0.717, 1.165) is 18.7 Å². The van der Waals surface area contributed by atoms with Gasteiger partial charge in [0.1, 0.15) is 5.75 Å². The Bertz CT molecular complexity index is 428. The third-order valence-corrected chi connectivity index (χ3v) is 3.57. The zero-order valence-corrected chi connectivity index (χ0v) is 10.2. The molecule has 0 radical (unpaired) electrons. The molecule has 100 valence electrons. The number of rotatable bonds is 2. The summed E-state index contributed by atoms with van der Waals surface area (Å²) in [6, 6.07) is 6.36. The number of alkyl halides is 3. The number of halogens is 4. The van der Waals surface area contributed by atoms with Crippen LogP contribution in [-0.2, 0) is 0 Å². The molecule has 18 heavy (non-hydrogen) atoms. The van der Waals surface area contributed by atoms with Crippen LogP contribution in [0.3, 0.4) is 0 Å². The predicted octanol–water partition coefficient (Wildman–Crippen LogP) is 2.94. The van der Waals surface area contributed by atoms with Gasteiger partial charge in [0.15, 0.2) is 0 Å². The summed E-state index contributed by atoms with van der Waals surface area (Å²) in [7, 11) is 0. The highest BCUT2D eigenvalue weighted by atomic mass is 35.5. The summed E-state index contributed by atoms with van der Waals surface area (Å²) in [5.74, 6) is 1.48. The standard InChI is InChI=1S/C12H12F3NO.ClH/c13-12(14,15)17-8-3-1-2-7(4-8)11-9-5-16-6-10(9)11;/h1-4,9-11,16H,5-6H2;1H/t9-,10+,11+;. The maximum absolute atomic E-state index is 12.1. The molecule has 3 rings (SSSR count). The summed E-state index contributed by atoms with van der Waals surface area (Å²) >= 11 is 0. The maximum Gasteiger partial charge on any atom is 0.573 e. The minimum atomic E-state index is -4.61. The molecule has 1 aromatic carbocycles. The smallest absolute Gasteiger partial charge is 0.406 e. The fraction of sp³-hybridized carbons (Fsp3) is 0.500. The van der Waals surface area contributed by atoms with Gasteiger partial charge in [0.25, 0.3) is 0 Å². The van der Waals surface area contributed by atoms with Crippen LogP contribution in [-0.4, -0.2) is 19.5 Å². The average Bonchev–Trinajstić information content (AvgIpc) is 2.70. The lowest BCUT2D eigenvalue weighted by Gasteiger charge is -2.10. The lowest BCUT2D eigenvalue weighted by molar-refractivity contribution is -0.274. The van der Waals surface area contributed by atoms with Crippen molar-refractivity contribution in [1.82, 2.24) is 5.32 Å². The highest BCUT2D eigenvalue weighted by molar-refractivity contribution is 5.85. The summed E-state index contributed by atoms with van der Waals surface area (Å²) in [6.07, 6.45) is -4.61. The molecule has 1 saturated heterocycles. The molecular formula is C12H13ClF3NO. The Labute approximate surface area is 109 Å². The molecule has 1 heterocycles. The van der Waals surface area contributed by atoms with Crippen molar-refractivity contribution in [2.45, 2.75) is 12.3 Å². The van der Waals surface area contributed by atoms with Gasteiger partial charge < -0.3 is 10.1 Å². The second kappa shape index (κ2) is 4.63. The zero-order chi connectivity index (χ0) is 12.0. The predicted molar refractivity (Wildman–Crippen MR) is 63.0 cm³/mol. The second-order valence-electron chi connectivity index (χ2n) is 4.63. The average molecular weight is 280 g/mol. The third kappa shape index (κ3) is 2.57. The van der Waals surface area contributed by atoms with E-state index in [1.165, 1.54) is 12.1 Å². The van der Waals surface area contributed by atoms with Crippen molar-refractivity contribution in [1.29, 1.82) is 0 Å². The number of piperidine rings is 1. The van der Waals surface area contributed by atoms with Gasteiger partial charge in [-0.3, -0.25) is 0 Å². The topological polar surface area (TPSA) is 21.3 Å². The molecule has 1 aromatic rings. The first-order valence-electron chi connectivity index (χ1n) is 5.61. The van der Waals surface area contributed by atoms with Gasteiger partial charge in [-0.2, -0.15) is 0 Å². The molecule has 6 heteroatoms. The first-order chi connectivity index (χ1) is 8.04. The fourth-order valence-corrected chi connectivity index (χ4v) is 2.83. The van der Waals surface area contributed by atoms with E-state index in [4.69, 9.17) is 0 Å². The van der Waals surface area contributed by atoms with Crippen LogP contribution in [0.1, 0.15) is 11.5 Å². The van der Waals surface area contributed by atoms with E-state index in [1.807, 2.05) is 6.07 Å². The first-order valence-corrected chi connectivity index (χ1v) is 5.61. The normalized spacial score (nSPS) is 29.4. The van der Waals surface area contributed by atoms with E-state index in [0.29, 0.717) is 17.8 Å². The maximum atomic E-state index is 12.1. The molecule has 1 N–H and O–H groups in total. The number of hydrogen-bond donors (Lipinski definition) is 1. The van der Waals surface area contributed by atoms with E-state index < -0.39 is 6.36 Å². The van der Waals surface area contributed by atoms with Gasteiger partial charge >= 0.3 is 6.36 Å². The van der Waals surface area contributed by atoms with Gasteiger partial charge in [0, 0.05) is 0 Å². The van der Waals surface area contributed by atoms with E-state index in [2.05, 4.69) is 10.1 Å². The van der Waals surface area contributed by atoms with Gasteiger partial charge in [0.2, 0.25) is 0 Å². The molecule has 2 fully saturated rings. The van der Waals surface area contributed by atoms with Gasteiger partial charge in [-0.15, -0.1) is 25.6 Å². The molecule has 0 amide bonds. The Balaban J connectivity index is 0.00000120. The van der Waals surface area contributed by atoms with Crippen LogP contribution in [0.4, 0.5) is 13.2 Å². The summed E-state index contributed by atoms with van der Waals surface area (Å²) in [6.45, 7) is 1.94. The highest BCUT2D eigenvalue weighted by Gasteiger charge is 2.53. The van der Waals surface area contributed by atoms with E-state index in [-0.39, 0.29) is 18.2 Å². The van der Waals surface area contributed by atoms with E-state index in [9.17, 15) is 13.2 Å². The lowest BCUT2D eigenvalue weighted by atomic mass is 10.1. The van der Waals surface area contributed by atoms with Crippen molar-refractivity contribution in [2.75, 3.05) is 13.1 Å². The minimum absolute atomic E-state index is 0. The minimum Gasteiger partial charge on any atom is -0.406 e. The van der Waals surface area contributed by atoms with Crippen molar-refractivity contribution in [3.63, 3.8) is 0 Å². The fourth-order valence-electron chi connectivity index (χ4n) is 2.83.